The van der Waals surface area contributed by atoms with E-state index in [9.17, 15) is 9.59 Å². The van der Waals surface area contributed by atoms with Crippen LogP contribution in [-0.4, -0.2) is 63.8 Å². The number of benzene rings is 2. The maximum Gasteiger partial charge on any atom is 0.313 e. The number of amides is 1. The van der Waals surface area contributed by atoms with Crippen molar-refractivity contribution in [3.8, 4) is 5.75 Å². The van der Waals surface area contributed by atoms with Crippen molar-refractivity contribution in [1.29, 1.82) is 0 Å². The summed E-state index contributed by atoms with van der Waals surface area (Å²) in [6.07, 6.45) is 10.4. The first-order valence-electron chi connectivity index (χ1n) is 15.2. The van der Waals surface area contributed by atoms with Crippen LogP contribution >= 0.6 is 11.6 Å². The number of hydrogen-bond donors (Lipinski definition) is 0. The zero-order valence-electron chi connectivity index (χ0n) is 25.0. The van der Waals surface area contributed by atoms with E-state index >= 15 is 0 Å². The van der Waals surface area contributed by atoms with Gasteiger partial charge in [0.2, 0.25) is 5.91 Å². The molecule has 1 amide bonds. The number of aryl methyl sites for hydroxylation is 1. The highest BCUT2D eigenvalue weighted by molar-refractivity contribution is 6.30. The van der Waals surface area contributed by atoms with Gasteiger partial charge in [-0.05, 0) is 91.3 Å². The largest absolute Gasteiger partial charge is 0.487 e. The van der Waals surface area contributed by atoms with Gasteiger partial charge in [-0.2, -0.15) is 0 Å². The third kappa shape index (κ3) is 6.95. The molecule has 0 aromatic heterocycles. The van der Waals surface area contributed by atoms with Crippen LogP contribution in [-0.2, 0) is 32.1 Å². The van der Waals surface area contributed by atoms with Gasteiger partial charge in [0.1, 0.15) is 12.4 Å². The minimum absolute atomic E-state index is 0.0477. The number of ether oxygens (including phenoxy) is 3. The zero-order chi connectivity index (χ0) is 29.6. The summed E-state index contributed by atoms with van der Waals surface area (Å²) in [7, 11) is 4.96. The van der Waals surface area contributed by atoms with Gasteiger partial charge in [-0.25, -0.2) is 0 Å². The summed E-state index contributed by atoms with van der Waals surface area (Å²) >= 11 is 6.35. The molecule has 2 aliphatic heterocycles. The van der Waals surface area contributed by atoms with Gasteiger partial charge in [-0.3, -0.25) is 9.59 Å². The second-order valence-corrected chi connectivity index (χ2v) is 12.3. The standard InChI is InChI=1S/C34H43ClN2O5/c1-36-16-6-5-9-31(40-2)28-14-11-25(28)21-37-17-7-4-8-23-18-27(35)13-10-26(23)22-42-32-15-12-24(19-30(32)37)29(20-33(36)38)34(39)41-3/h5,9-10,12-13,15,18-19,25,28-29,31H,4,6-8,11,14,16-17,20-22H2,1-3H3/b9-5+/t25-,28+,29?,31-/m0/s1. The lowest BCUT2D eigenvalue weighted by atomic mass is 9.70. The lowest BCUT2D eigenvalue weighted by molar-refractivity contribution is -0.145. The minimum Gasteiger partial charge on any atom is -0.487 e. The van der Waals surface area contributed by atoms with E-state index in [-0.39, 0.29) is 18.4 Å². The van der Waals surface area contributed by atoms with Crippen LogP contribution in [0.3, 0.4) is 0 Å². The van der Waals surface area contributed by atoms with Crippen molar-refractivity contribution in [2.24, 2.45) is 11.8 Å². The Morgan fingerprint density at radius 3 is 2.67 bits per heavy atom. The third-order valence-electron chi connectivity index (χ3n) is 9.27. The summed E-state index contributed by atoms with van der Waals surface area (Å²) in [5.74, 6) is 0.483. The highest BCUT2D eigenvalue weighted by Crippen LogP contribution is 2.42. The fraction of sp³-hybridized carbons (Fsp3) is 0.529. The van der Waals surface area contributed by atoms with Gasteiger partial charge >= 0.3 is 5.97 Å². The smallest absolute Gasteiger partial charge is 0.313 e. The first-order chi connectivity index (χ1) is 20.4. The number of carbonyl (C=O) groups excluding carboxylic acids is 2. The van der Waals surface area contributed by atoms with Crippen molar-refractivity contribution in [3.05, 3.63) is 70.3 Å². The molecule has 7 nitrogen and oxygen atoms in total. The molecule has 0 spiro atoms. The molecule has 2 aromatic carbocycles. The molecule has 2 heterocycles. The van der Waals surface area contributed by atoms with Crippen molar-refractivity contribution >= 4 is 29.2 Å². The molecule has 2 bridgehead atoms. The molecule has 226 valence electrons. The van der Waals surface area contributed by atoms with E-state index in [4.69, 9.17) is 25.8 Å². The molecule has 0 N–H and O–H groups in total. The second kappa shape index (κ2) is 14.0. The van der Waals surface area contributed by atoms with Crippen molar-refractivity contribution in [3.63, 3.8) is 0 Å². The Kier molecular flexibility index (Phi) is 10.1. The molecule has 5 rings (SSSR count). The average molecular weight is 595 g/mol. The molecule has 42 heavy (non-hydrogen) atoms. The van der Waals surface area contributed by atoms with Crippen molar-refractivity contribution in [2.75, 3.05) is 45.8 Å². The van der Waals surface area contributed by atoms with E-state index in [1.807, 2.05) is 18.2 Å². The Hall–Kier alpha value is -3.03. The number of anilines is 1. The number of nitrogens with zero attached hydrogens (tertiary/aromatic N) is 2. The maximum atomic E-state index is 13.2. The number of halogens is 1. The van der Waals surface area contributed by atoms with Gasteiger partial charge in [-0.15, -0.1) is 0 Å². The molecule has 2 aromatic rings. The number of esters is 1. The molecular formula is C34H43ClN2O5. The molecule has 8 heteroatoms. The van der Waals surface area contributed by atoms with E-state index in [1.54, 1.807) is 19.1 Å². The number of fused-ring (bicyclic) bond motifs is 3. The van der Waals surface area contributed by atoms with E-state index in [0.717, 1.165) is 79.2 Å². The van der Waals surface area contributed by atoms with E-state index in [0.29, 0.717) is 25.0 Å². The first kappa shape index (κ1) is 30.4. The van der Waals surface area contributed by atoms with E-state index in [1.165, 1.54) is 12.7 Å². The summed E-state index contributed by atoms with van der Waals surface area (Å²) in [5, 5.41) is 0.742. The summed E-state index contributed by atoms with van der Waals surface area (Å²) in [4.78, 5) is 30.4. The molecule has 4 atom stereocenters. The Morgan fingerprint density at radius 1 is 1.05 bits per heavy atom. The molecular weight excluding hydrogens is 552 g/mol. The Balaban J connectivity index is 1.56. The highest BCUT2D eigenvalue weighted by atomic mass is 35.5. The molecule has 1 fully saturated rings. The SMILES string of the molecule is COC(=O)C1CC(=O)N(C)CC/C=C/[C@H](OC)[C@@H]2CC[C@H]2CN2CCCCc3cc(Cl)ccc3COc3ccc1cc32. The van der Waals surface area contributed by atoms with Gasteiger partial charge in [-0.1, -0.05) is 35.9 Å². The minimum atomic E-state index is -0.698. The fourth-order valence-electron chi connectivity index (χ4n) is 6.54. The Labute approximate surface area is 254 Å². The number of carbonyl (C=O) groups is 2. The van der Waals surface area contributed by atoms with Crippen LogP contribution in [0.2, 0.25) is 5.02 Å². The van der Waals surface area contributed by atoms with Crippen LogP contribution < -0.4 is 9.64 Å². The monoisotopic (exact) mass is 594 g/mol. The predicted molar refractivity (Wildman–Crippen MR) is 165 cm³/mol. The fourth-order valence-corrected chi connectivity index (χ4v) is 6.73. The maximum absolute atomic E-state index is 13.2. The van der Waals surface area contributed by atoms with Crippen LogP contribution in [0.25, 0.3) is 0 Å². The summed E-state index contributed by atoms with van der Waals surface area (Å²) in [6.45, 7) is 2.74. The van der Waals surface area contributed by atoms with E-state index < -0.39 is 11.9 Å². The second-order valence-electron chi connectivity index (χ2n) is 11.8. The van der Waals surface area contributed by atoms with E-state index in [2.05, 4.69) is 35.3 Å². The molecule has 1 aliphatic carbocycles. The van der Waals surface area contributed by atoms with Crippen LogP contribution in [0.1, 0.15) is 61.1 Å². The molecule has 0 radical (unpaired) electrons. The van der Waals surface area contributed by atoms with Crippen molar-refractivity contribution < 1.29 is 23.8 Å². The van der Waals surface area contributed by atoms with Crippen LogP contribution in [0.15, 0.2) is 48.6 Å². The first-order valence-corrected chi connectivity index (χ1v) is 15.6. The Morgan fingerprint density at radius 2 is 1.90 bits per heavy atom. The van der Waals surface area contributed by atoms with Gasteiger partial charge in [0.05, 0.1) is 24.8 Å². The normalized spacial score (nSPS) is 26.0. The summed E-state index contributed by atoms with van der Waals surface area (Å²) in [6, 6.07) is 11.9. The quantitative estimate of drug-likeness (QED) is 0.306. The zero-order valence-corrected chi connectivity index (χ0v) is 25.8. The van der Waals surface area contributed by atoms with Gasteiger partial charge < -0.3 is 24.0 Å². The van der Waals surface area contributed by atoms with Crippen molar-refractivity contribution in [2.45, 2.75) is 63.6 Å². The van der Waals surface area contributed by atoms with Gasteiger partial charge in [0.25, 0.3) is 0 Å². The molecule has 1 saturated carbocycles. The van der Waals surface area contributed by atoms with Crippen LogP contribution in [0.4, 0.5) is 5.69 Å². The predicted octanol–water partition coefficient (Wildman–Crippen LogP) is 6.17. The van der Waals surface area contributed by atoms with Crippen LogP contribution in [0.5, 0.6) is 5.75 Å². The summed E-state index contributed by atoms with van der Waals surface area (Å²) < 4.78 is 17.7. The summed E-state index contributed by atoms with van der Waals surface area (Å²) in [5.41, 5.74) is 4.08. The number of rotatable bonds is 2. The lowest BCUT2D eigenvalue weighted by Crippen LogP contribution is -2.44. The molecule has 0 saturated heterocycles. The van der Waals surface area contributed by atoms with Crippen molar-refractivity contribution in [1.82, 2.24) is 4.90 Å². The van der Waals surface area contributed by atoms with Gasteiger partial charge in [0.15, 0.2) is 0 Å². The number of methoxy groups -OCH3 is 2. The third-order valence-corrected chi connectivity index (χ3v) is 9.51. The van der Waals surface area contributed by atoms with Crippen LogP contribution in [0, 0.1) is 11.8 Å². The number of hydrogen-bond acceptors (Lipinski definition) is 6. The lowest BCUT2D eigenvalue weighted by Gasteiger charge is -2.43. The Bertz CT molecular complexity index is 1300. The molecule has 3 aliphatic rings. The highest BCUT2D eigenvalue weighted by Gasteiger charge is 2.38. The van der Waals surface area contributed by atoms with Gasteiger partial charge in [0, 0.05) is 45.2 Å². The topological polar surface area (TPSA) is 68.3 Å². The average Bonchev–Trinajstić information content (AvgIpc) is 3.01. The molecule has 1 unspecified atom stereocenters.